The molecule has 1 heterocycles. The molecule has 0 amide bonds. The standard InChI is InChI=1S/C31H27N3S/c1-22-8-7-11-29(19-22)33-31-34(32-20-28-18-23(2)12-13-24(28)3)30(21-35-31)27-16-14-26(15-17-27)25-9-5-4-6-10-25/h4-21H,1-3H3/b32-20+,33-31?. The summed E-state index contributed by atoms with van der Waals surface area (Å²) >= 11 is 1.60. The second kappa shape index (κ2) is 10.1. The molecule has 0 saturated heterocycles. The second-order valence-corrected chi connectivity index (χ2v) is 9.55. The Bertz CT molecular complexity index is 1560. The van der Waals surface area contributed by atoms with Crippen LogP contribution in [-0.4, -0.2) is 10.9 Å². The highest BCUT2D eigenvalue weighted by Gasteiger charge is 2.09. The highest BCUT2D eigenvalue weighted by molar-refractivity contribution is 7.07. The van der Waals surface area contributed by atoms with E-state index in [0.29, 0.717) is 0 Å². The molecule has 4 heteroatoms. The van der Waals surface area contributed by atoms with E-state index < -0.39 is 0 Å². The van der Waals surface area contributed by atoms with Gasteiger partial charge < -0.3 is 0 Å². The van der Waals surface area contributed by atoms with Crippen LogP contribution in [0.25, 0.3) is 22.4 Å². The molecule has 0 unspecified atom stereocenters. The predicted octanol–water partition coefficient (Wildman–Crippen LogP) is 7.92. The zero-order valence-electron chi connectivity index (χ0n) is 20.1. The minimum atomic E-state index is 0.833. The lowest BCUT2D eigenvalue weighted by molar-refractivity contribution is 0.854. The first-order chi connectivity index (χ1) is 17.1. The summed E-state index contributed by atoms with van der Waals surface area (Å²) in [6.45, 7) is 6.30. The number of hydrogen-bond donors (Lipinski definition) is 0. The van der Waals surface area contributed by atoms with Gasteiger partial charge in [0.05, 0.1) is 17.6 Å². The SMILES string of the molecule is Cc1cccc(N=c2scc(-c3ccc(-c4ccccc4)cc3)n2/N=C/c2cc(C)ccc2C)c1. The second-order valence-electron chi connectivity index (χ2n) is 8.71. The van der Waals surface area contributed by atoms with Gasteiger partial charge in [-0.15, -0.1) is 11.3 Å². The molecule has 3 nitrogen and oxygen atoms in total. The third-order valence-electron chi connectivity index (χ3n) is 5.95. The number of benzene rings is 4. The highest BCUT2D eigenvalue weighted by atomic mass is 32.1. The molecule has 0 radical (unpaired) electrons. The third-order valence-corrected chi connectivity index (χ3v) is 6.76. The zero-order valence-corrected chi connectivity index (χ0v) is 21.0. The van der Waals surface area contributed by atoms with Gasteiger partial charge in [-0.25, -0.2) is 9.67 Å². The first kappa shape index (κ1) is 22.8. The van der Waals surface area contributed by atoms with E-state index in [1.165, 1.54) is 27.8 Å². The van der Waals surface area contributed by atoms with Crippen LogP contribution in [-0.2, 0) is 0 Å². The van der Waals surface area contributed by atoms with E-state index in [1.807, 2.05) is 29.1 Å². The average molecular weight is 474 g/mol. The Morgan fingerprint density at radius 2 is 1.40 bits per heavy atom. The minimum absolute atomic E-state index is 0.833. The summed E-state index contributed by atoms with van der Waals surface area (Å²) in [5.41, 5.74) is 10.1. The van der Waals surface area contributed by atoms with Crippen molar-refractivity contribution in [1.29, 1.82) is 0 Å². The van der Waals surface area contributed by atoms with Crippen LogP contribution in [0.3, 0.4) is 0 Å². The monoisotopic (exact) mass is 473 g/mol. The quantitative estimate of drug-likeness (QED) is 0.232. The maximum atomic E-state index is 4.93. The van der Waals surface area contributed by atoms with Crippen LogP contribution in [0.15, 0.2) is 113 Å². The largest absolute Gasteiger partial charge is 0.220 e. The van der Waals surface area contributed by atoms with E-state index in [9.17, 15) is 0 Å². The Balaban J connectivity index is 1.60. The minimum Gasteiger partial charge on any atom is -0.220 e. The molecular weight excluding hydrogens is 446 g/mol. The van der Waals surface area contributed by atoms with Gasteiger partial charge in [-0.1, -0.05) is 90.5 Å². The van der Waals surface area contributed by atoms with Gasteiger partial charge in [0.15, 0.2) is 0 Å². The van der Waals surface area contributed by atoms with Crippen molar-refractivity contribution in [2.45, 2.75) is 20.8 Å². The van der Waals surface area contributed by atoms with E-state index in [4.69, 9.17) is 10.1 Å². The van der Waals surface area contributed by atoms with E-state index >= 15 is 0 Å². The lowest BCUT2D eigenvalue weighted by atomic mass is 10.0. The molecule has 0 spiro atoms. The fourth-order valence-electron chi connectivity index (χ4n) is 3.98. The van der Waals surface area contributed by atoms with Gasteiger partial charge >= 0.3 is 0 Å². The van der Waals surface area contributed by atoms with Crippen molar-refractivity contribution in [3.05, 3.63) is 129 Å². The van der Waals surface area contributed by atoms with Gasteiger partial charge in [-0.2, -0.15) is 5.10 Å². The Kier molecular flexibility index (Phi) is 6.55. The topological polar surface area (TPSA) is 29.6 Å². The molecule has 1 aromatic heterocycles. The Morgan fingerprint density at radius 3 is 2.17 bits per heavy atom. The van der Waals surface area contributed by atoms with E-state index in [0.717, 1.165) is 27.3 Å². The van der Waals surface area contributed by atoms with Gasteiger partial charge in [0.25, 0.3) is 0 Å². The maximum Gasteiger partial charge on any atom is 0.211 e. The van der Waals surface area contributed by atoms with Crippen LogP contribution in [0, 0.1) is 20.8 Å². The molecule has 0 aliphatic carbocycles. The first-order valence-corrected chi connectivity index (χ1v) is 12.5. The summed E-state index contributed by atoms with van der Waals surface area (Å²) in [5, 5.41) is 7.05. The summed E-state index contributed by atoms with van der Waals surface area (Å²) in [7, 11) is 0. The van der Waals surface area contributed by atoms with Crippen molar-refractivity contribution < 1.29 is 0 Å². The Hall–Kier alpha value is -4.02. The van der Waals surface area contributed by atoms with E-state index in [2.05, 4.69) is 105 Å². The number of rotatable bonds is 5. The Morgan fingerprint density at radius 1 is 0.686 bits per heavy atom. The van der Waals surface area contributed by atoms with Crippen LogP contribution >= 0.6 is 11.3 Å². The lowest BCUT2D eigenvalue weighted by Crippen LogP contribution is -2.11. The molecule has 0 aliphatic heterocycles. The van der Waals surface area contributed by atoms with Gasteiger partial charge in [0.1, 0.15) is 0 Å². The lowest BCUT2D eigenvalue weighted by Gasteiger charge is -2.07. The fourth-order valence-corrected chi connectivity index (χ4v) is 4.83. The molecule has 0 fully saturated rings. The van der Waals surface area contributed by atoms with Crippen molar-refractivity contribution in [2.75, 3.05) is 0 Å². The molecule has 0 atom stereocenters. The first-order valence-electron chi connectivity index (χ1n) is 11.7. The molecule has 5 rings (SSSR count). The molecule has 172 valence electrons. The maximum absolute atomic E-state index is 4.93. The van der Waals surface area contributed by atoms with Crippen LogP contribution in [0.5, 0.6) is 0 Å². The zero-order chi connectivity index (χ0) is 24.2. The van der Waals surface area contributed by atoms with E-state index in [-0.39, 0.29) is 0 Å². The summed E-state index contributed by atoms with van der Waals surface area (Å²) in [4.78, 5) is 5.77. The predicted molar refractivity (Wildman–Crippen MR) is 148 cm³/mol. The molecule has 0 aliphatic rings. The van der Waals surface area contributed by atoms with Gasteiger partial charge in [-0.05, 0) is 60.7 Å². The van der Waals surface area contributed by atoms with Gasteiger partial charge in [0.2, 0.25) is 4.80 Å². The molecule has 0 N–H and O–H groups in total. The average Bonchev–Trinajstić information content (AvgIpc) is 3.27. The smallest absolute Gasteiger partial charge is 0.211 e. The normalized spacial score (nSPS) is 11.9. The summed E-state index contributed by atoms with van der Waals surface area (Å²) in [5.74, 6) is 0. The fraction of sp³-hybridized carbons (Fsp3) is 0.0968. The van der Waals surface area contributed by atoms with Crippen molar-refractivity contribution in [2.24, 2.45) is 10.1 Å². The Labute approximate surface area is 210 Å². The van der Waals surface area contributed by atoms with Crippen molar-refractivity contribution in [3.8, 4) is 22.4 Å². The summed E-state index contributed by atoms with van der Waals surface area (Å²) in [6.07, 6.45) is 1.94. The number of nitrogens with zero attached hydrogens (tertiary/aromatic N) is 3. The van der Waals surface area contributed by atoms with Gasteiger partial charge in [-0.3, -0.25) is 0 Å². The van der Waals surface area contributed by atoms with Crippen LogP contribution in [0.4, 0.5) is 5.69 Å². The van der Waals surface area contributed by atoms with Crippen LogP contribution in [0.1, 0.15) is 22.3 Å². The molecule has 5 aromatic rings. The van der Waals surface area contributed by atoms with Crippen molar-refractivity contribution in [1.82, 2.24) is 4.68 Å². The molecular formula is C31H27N3S. The molecule has 0 saturated carbocycles. The summed E-state index contributed by atoms with van der Waals surface area (Å²) in [6, 6.07) is 33.7. The summed E-state index contributed by atoms with van der Waals surface area (Å²) < 4.78 is 1.95. The molecule has 35 heavy (non-hydrogen) atoms. The van der Waals surface area contributed by atoms with Crippen LogP contribution in [0.2, 0.25) is 0 Å². The number of aryl methyl sites for hydroxylation is 3. The molecule has 0 bridgehead atoms. The van der Waals surface area contributed by atoms with Crippen molar-refractivity contribution >= 4 is 23.2 Å². The molecule has 4 aromatic carbocycles. The highest BCUT2D eigenvalue weighted by Crippen LogP contribution is 2.26. The number of thiazole rings is 1. The van der Waals surface area contributed by atoms with Crippen molar-refractivity contribution in [3.63, 3.8) is 0 Å². The number of aromatic nitrogens is 1. The van der Waals surface area contributed by atoms with E-state index in [1.54, 1.807) is 11.3 Å². The number of hydrogen-bond acceptors (Lipinski definition) is 3. The third kappa shape index (κ3) is 5.23. The van der Waals surface area contributed by atoms with Gasteiger partial charge in [0, 0.05) is 10.9 Å². The van der Waals surface area contributed by atoms with Crippen LogP contribution < -0.4 is 4.80 Å².